The van der Waals surface area contributed by atoms with E-state index in [1.165, 1.54) is 0 Å². The number of carbonyl (C=O) groups excluding carboxylic acids is 4. The molecule has 5 rings (SSSR count). The van der Waals surface area contributed by atoms with Crippen LogP contribution in [0.5, 0.6) is 5.75 Å². The number of hydrogen-bond acceptors (Lipinski definition) is 6. The summed E-state index contributed by atoms with van der Waals surface area (Å²) in [7, 11) is 1.57. The zero-order valence-electron chi connectivity index (χ0n) is 26.0. The Hall–Kier alpha value is -4.76. The summed E-state index contributed by atoms with van der Waals surface area (Å²) in [5, 5.41) is 5.87. The van der Waals surface area contributed by atoms with Crippen molar-refractivity contribution < 1.29 is 28.7 Å². The molecule has 0 saturated carbocycles. The molecule has 1 aliphatic carbocycles. The van der Waals surface area contributed by atoms with Crippen molar-refractivity contribution in [3.8, 4) is 5.75 Å². The van der Waals surface area contributed by atoms with Gasteiger partial charge >= 0.3 is 0 Å². The second-order valence-electron chi connectivity index (χ2n) is 12.0. The smallest absolute Gasteiger partial charge is 0.245 e. The Morgan fingerprint density at radius 1 is 0.889 bits per heavy atom. The second kappa shape index (κ2) is 13.1. The predicted octanol–water partition coefficient (Wildman–Crippen LogP) is 3.50. The highest BCUT2D eigenvalue weighted by Gasteiger charge is 2.50. The van der Waals surface area contributed by atoms with E-state index in [2.05, 4.69) is 10.6 Å². The third-order valence-electron chi connectivity index (χ3n) is 8.84. The number of ketones is 1. The topological polar surface area (TPSA) is 140 Å². The van der Waals surface area contributed by atoms with Crippen LogP contribution in [0, 0.1) is 5.92 Å². The van der Waals surface area contributed by atoms with Crippen molar-refractivity contribution in [3.63, 3.8) is 0 Å². The fourth-order valence-electron chi connectivity index (χ4n) is 6.11. The number of carbonyl (C=O) groups is 4. The van der Waals surface area contributed by atoms with E-state index in [0.717, 1.165) is 27.8 Å². The third kappa shape index (κ3) is 6.83. The van der Waals surface area contributed by atoms with Crippen LogP contribution in [0.4, 0.5) is 0 Å². The Labute approximate surface area is 263 Å². The first-order chi connectivity index (χ1) is 21.5. The average Bonchev–Trinajstić information content (AvgIpc) is 3.73. The molecule has 3 amide bonds. The molecule has 0 radical (unpaired) electrons. The summed E-state index contributed by atoms with van der Waals surface area (Å²) in [6, 6.07) is 22.3. The first kappa shape index (κ1) is 31.7. The fraction of sp³-hybridized carbons (Fsp3) is 0.333. The lowest BCUT2D eigenvalue weighted by molar-refractivity contribution is -0.133. The van der Waals surface area contributed by atoms with Crippen LogP contribution in [0.2, 0.25) is 0 Å². The van der Waals surface area contributed by atoms with Gasteiger partial charge in [-0.25, -0.2) is 0 Å². The van der Waals surface area contributed by atoms with Crippen LogP contribution >= 0.6 is 0 Å². The molecule has 3 aromatic rings. The molecule has 45 heavy (non-hydrogen) atoms. The molecule has 4 N–H and O–H groups in total. The van der Waals surface area contributed by atoms with E-state index in [1.807, 2.05) is 73.7 Å². The normalized spacial score (nSPS) is 20.4. The number of allylic oxidation sites excluding steroid dienone is 1. The summed E-state index contributed by atoms with van der Waals surface area (Å²) in [6.45, 7) is 5.56. The lowest BCUT2D eigenvalue weighted by atomic mass is 9.83. The maximum absolute atomic E-state index is 14.0. The molecule has 1 aliphatic heterocycles. The number of methoxy groups -OCH3 is 1. The van der Waals surface area contributed by atoms with Gasteiger partial charge in [0.25, 0.3) is 0 Å². The van der Waals surface area contributed by atoms with E-state index in [4.69, 9.17) is 15.2 Å². The van der Waals surface area contributed by atoms with Crippen LogP contribution in [0.3, 0.4) is 0 Å². The van der Waals surface area contributed by atoms with Crippen LogP contribution in [0.15, 0.2) is 84.4 Å². The second-order valence-corrected chi connectivity index (χ2v) is 12.0. The number of Topliss-reactive ketones (excluding diaryl/α,β-unsaturated/α-hetero) is 1. The lowest BCUT2D eigenvalue weighted by Crippen LogP contribution is -2.55. The number of rotatable bonds is 13. The first-order valence-corrected chi connectivity index (χ1v) is 15.1. The van der Waals surface area contributed by atoms with E-state index in [1.54, 1.807) is 33.1 Å². The number of primary amides is 1. The van der Waals surface area contributed by atoms with Crippen LogP contribution < -0.4 is 21.1 Å². The Kier molecular flexibility index (Phi) is 9.20. The fourth-order valence-corrected chi connectivity index (χ4v) is 6.11. The monoisotopic (exact) mass is 609 g/mol. The average molecular weight is 610 g/mol. The molecule has 1 unspecified atom stereocenters. The van der Waals surface area contributed by atoms with Crippen LogP contribution in [0.25, 0.3) is 5.57 Å². The number of fused-ring (bicyclic) bond motifs is 1. The molecule has 3 aromatic carbocycles. The molecule has 9 heteroatoms. The van der Waals surface area contributed by atoms with Gasteiger partial charge < -0.3 is 25.8 Å². The molecule has 1 saturated heterocycles. The van der Waals surface area contributed by atoms with Gasteiger partial charge in [-0.3, -0.25) is 19.2 Å². The molecule has 0 bridgehead atoms. The van der Waals surface area contributed by atoms with Gasteiger partial charge in [0, 0.05) is 23.8 Å². The van der Waals surface area contributed by atoms with E-state index < -0.39 is 47.2 Å². The van der Waals surface area contributed by atoms with Gasteiger partial charge in [0.1, 0.15) is 17.4 Å². The maximum Gasteiger partial charge on any atom is 0.245 e. The van der Waals surface area contributed by atoms with Gasteiger partial charge in [-0.2, -0.15) is 0 Å². The minimum atomic E-state index is -1.02. The summed E-state index contributed by atoms with van der Waals surface area (Å²) in [5.41, 5.74) is 9.37. The van der Waals surface area contributed by atoms with Crippen molar-refractivity contribution >= 4 is 29.1 Å². The van der Waals surface area contributed by atoms with Crippen LogP contribution in [-0.4, -0.2) is 54.9 Å². The number of ether oxygens (including phenoxy) is 2. The Bertz CT molecular complexity index is 1630. The predicted molar refractivity (Wildman–Crippen MR) is 170 cm³/mol. The zero-order valence-corrected chi connectivity index (χ0v) is 26.0. The number of nitrogens with two attached hydrogens (primary N) is 1. The summed E-state index contributed by atoms with van der Waals surface area (Å²) in [4.78, 5) is 54.0. The number of epoxide rings is 1. The largest absolute Gasteiger partial charge is 0.497 e. The van der Waals surface area contributed by atoms with Gasteiger partial charge in [-0.15, -0.1) is 0 Å². The number of hydrogen-bond donors (Lipinski definition) is 3. The Balaban J connectivity index is 1.42. The number of benzene rings is 3. The number of nitrogens with one attached hydrogen (secondary N) is 2. The van der Waals surface area contributed by atoms with Gasteiger partial charge in [-0.1, -0.05) is 73.7 Å². The van der Waals surface area contributed by atoms with Crippen molar-refractivity contribution in [3.05, 3.63) is 107 Å². The maximum atomic E-state index is 14.0. The summed E-state index contributed by atoms with van der Waals surface area (Å²) >= 11 is 0. The molecule has 1 fully saturated rings. The Morgan fingerprint density at radius 3 is 2.09 bits per heavy atom. The highest BCUT2D eigenvalue weighted by molar-refractivity contribution is 6.05. The van der Waals surface area contributed by atoms with E-state index in [0.29, 0.717) is 11.3 Å². The number of amides is 3. The van der Waals surface area contributed by atoms with Crippen molar-refractivity contribution in [2.75, 3.05) is 13.7 Å². The van der Waals surface area contributed by atoms with Gasteiger partial charge in [0.15, 0.2) is 5.78 Å². The molecule has 2 aliphatic rings. The first-order valence-electron chi connectivity index (χ1n) is 15.1. The third-order valence-corrected chi connectivity index (χ3v) is 8.84. The van der Waals surface area contributed by atoms with Crippen molar-refractivity contribution in [1.29, 1.82) is 0 Å². The molecular weight excluding hydrogens is 570 g/mol. The molecule has 234 valence electrons. The summed E-state index contributed by atoms with van der Waals surface area (Å²) < 4.78 is 10.7. The van der Waals surface area contributed by atoms with Crippen LogP contribution in [-0.2, 0) is 36.8 Å². The van der Waals surface area contributed by atoms with E-state index in [9.17, 15) is 19.2 Å². The highest BCUT2D eigenvalue weighted by Crippen LogP contribution is 2.45. The molecule has 1 heterocycles. The summed E-state index contributed by atoms with van der Waals surface area (Å²) in [6.07, 6.45) is 0.433. The minimum Gasteiger partial charge on any atom is -0.497 e. The minimum absolute atomic E-state index is 0.160. The molecule has 5 atom stereocenters. The molecule has 0 spiro atoms. The molecule has 9 nitrogen and oxygen atoms in total. The lowest BCUT2D eigenvalue weighted by Gasteiger charge is -2.27. The molecule has 0 aromatic heterocycles. The molecular formula is C36H39N3O6. The van der Waals surface area contributed by atoms with Crippen molar-refractivity contribution in [2.45, 2.75) is 57.2 Å². The van der Waals surface area contributed by atoms with Crippen molar-refractivity contribution in [1.82, 2.24) is 10.6 Å². The van der Waals surface area contributed by atoms with Gasteiger partial charge in [0.2, 0.25) is 17.7 Å². The highest BCUT2D eigenvalue weighted by atomic mass is 16.6. The SMILES string of the molecule is COc1ccc(C[C@H](NC(=O)[C@H](C)C2C(C(N)=O)=C(C)c3ccccc32)C(=O)N[C@@H](Cc2ccccc2)C(=O)[C@@]2(C)CO2)cc1. The Morgan fingerprint density at radius 2 is 1.47 bits per heavy atom. The van der Waals surface area contributed by atoms with Crippen molar-refractivity contribution in [2.24, 2.45) is 11.7 Å². The van der Waals surface area contributed by atoms with Gasteiger partial charge in [0.05, 0.1) is 19.8 Å². The quantitative estimate of drug-likeness (QED) is 0.254. The van der Waals surface area contributed by atoms with Gasteiger partial charge in [-0.05, 0) is 60.2 Å². The van der Waals surface area contributed by atoms with E-state index >= 15 is 0 Å². The van der Waals surface area contributed by atoms with E-state index in [-0.39, 0.29) is 25.2 Å². The summed E-state index contributed by atoms with van der Waals surface area (Å²) in [5.74, 6) is -2.36. The van der Waals surface area contributed by atoms with Crippen LogP contribution in [0.1, 0.15) is 48.9 Å². The zero-order chi connectivity index (χ0) is 32.3. The standard InChI is InChI=1S/C36H39N3O6/c1-21-26-12-8-9-13-27(26)30(31(21)33(37)41)22(2)34(42)39-29(19-24-14-16-25(44-4)17-15-24)35(43)38-28(32(40)36(3)20-45-36)18-23-10-6-5-7-11-23/h5-17,22,28-30H,18-20H2,1-4H3,(H2,37,41)(H,38,43)(H,39,42)/t22-,28+,29+,30?,36-/m1/s1.